The van der Waals surface area contributed by atoms with E-state index in [9.17, 15) is 13.6 Å². The molecular weight excluding hydrogens is 356 g/mol. The first kappa shape index (κ1) is 19.2. The number of piperazine rings is 1. The summed E-state index contributed by atoms with van der Waals surface area (Å²) in [6.07, 6.45) is 2.29. The molecule has 1 aromatic carbocycles. The molecule has 1 aliphatic rings. The standard InChI is InChI=1S/C18H23F2N5O2/c19-18(20)27-14-4-1-3-13(11-14)16-15(12-23-24-16)17(26)22-5-2-8-25-9-6-21-7-10-25/h1,3-4,11-12,18,21H,2,5-10H2,(H,22,26)(H,23,24). The molecule has 1 aromatic heterocycles. The maximum absolute atomic E-state index is 12.5. The molecule has 0 bridgehead atoms. The zero-order valence-corrected chi connectivity index (χ0v) is 14.9. The van der Waals surface area contributed by atoms with Crippen LogP contribution in [0.15, 0.2) is 30.5 Å². The van der Waals surface area contributed by atoms with Crippen LogP contribution in [-0.4, -0.2) is 66.9 Å². The Morgan fingerprint density at radius 1 is 1.33 bits per heavy atom. The van der Waals surface area contributed by atoms with Gasteiger partial charge in [-0.15, -0.1) is 0 Å². The zero-order chi connectivity index (χ0) is 19.1. The number of alkyl halides is 2. The molecule has 0 unspecified atom stereocenters. The number of hydrogen-bond donors (Lipinski definition) is 3. The largest absolute Gasteiger partial charge is 0.435 e. The topological polar surface area (TPSA) is 82.3 Å². The minimum absolute atomic E-state index is 0.0273. The maximum atomic E-state index is 12.5. The molecule has 9 heteroatoms. The van der Waals surface area contributed by atoms with Gasteiger partial charge in [0.05, 0.1) is 17.5 Å². The van der Waals surface area contributed by atoms with Crippen molar-refractivity contribution in [3.63, 3.8) is 0 Å². The summed E-state index contributed by atoms with van der Waals surface area (Å²) in [5.74, 6) is -0.223. The number of aromatic amines is 1. The van der Waals surface area contributed by atoms with E-state index in [1.807, 2.05) is 0 Å². The summed E-state index contributed by atoms with van der Waals surface area (Å²) >= 11 is 0. The lowest BCUT2D eigenvalue weighted by atomic mass is 10.1. The molecule has 27 heavy (non-hydrogen) atoms. The number of nitrogens with zero attached hydrogens (tertiary/aromatic N) is 2. The predicted octanol–water partition coefficient (Wildman–Crippen LogP) is 1.70. The van der Waals surface area contributed by atoms with Gasteiger partial charge in [-0.1, -0.05) is 12.1 Å². The van der Waals surface area contributed by atoms with Gasteiger partial charge in [0, 0.05) is 38.3 Å². The molecule has 0 atom stereocenters. The Balaban J connectivity index is 1.56. The molecule has 0 saturated carbocycles. The summed E-state index contributed by atoms with van der Waals surface area (Å²) in [7, 11) is 0. The summed E-state index contributed by atoms with van der Waals surface area (Å²) in [4.78, 5) is 14.8. The molecule has 146 valence electrons. The Morgan fingerprint density at radius 2 is 2.15 bits per heavy atom. The van der Waals surface area contributed by atoms with Crippen LogP contribution in [0.1, 0.15) is 16.8 Å². The van der Waals surface area contributed by atoms with E-state index < -0.39 is 6.61 Å². The van der Waals surface area contributed by atoms with Gasteiger partial charge in [-0.25, -0.2) is 0 Å². The maximum Gasteiger partial charge on any atom is 0.387 e. The first-order valence-corrected chi connectivity index (χ1v) is 8.93. The Morgan fingerprint density at radius 3 is 2.93 bits per heavy atom. The zero-order valence-electron chi connectivity index (χ0n) is 14.9. The molecule has 3 N–H and O–H groups in total. The summed E-state index contributed by atoms with van der Waals surface area (Å²) < 4.78 is 29.2. The highest BCUT2D eigenvalue weighted by molar-refractivity contribution is 5.99. The Labute approximate surface area is 156 Å². The molecule has 0 aliphatic carbocycles. The van der Waals surface area contributed by atoms with Crippen LogP contribution in [0.25, 0.3) is 11.3 Å². The van der Waals surface area contributed by atoms with Crippen molar-refractivity contribution in [1.29, 1.82) is 0 Å². The van der Waals surface area contributed by atoms with Crippen molar-refractivity contribution in [3.05, 3.63) is 36.0 Å². The lowest BCUT2D eigenvalue weighted by molar-refractivity contribution is -0.0498. The second-order valence-corrected chi connectivity index (χ2v) is 6.27. The number of carbonyl (C=O) groups excluding carboxylic acids is 1. The van der Waals surface area contributed by atoms with Gasteiger partial charge in [0.15, 0.2) is 0 Å². The molecule has 1 saturated heterocycles. The summed E-state index contributed by atoms with van der Waals surface area (Å²) in [6, 6.07) is 6.17. The van der Waals surface area contributed by atoms with Gasteiger partial charge in [-0.3, -0.25) is 9.89 Å². The quantitative estimate of drug-likeness (QED) is 0.609. The normalized spacial score (nSPS) is 15.1. The first-order chi connectivity index (χ1) is 13.1. The average molecular weight is 379 g/mol. The Hall–Kier alpha value is -2.52. The monoisotopic (exact) mass is 379 g/mol. The van der Waals surface area contributed by atoms with Gasteiger partial charge in [0.1, 0.15) is 5.75 Å². The minimum atomic E-state index is -2.90. The van der Waals surface area contributed by atoms with Crippen LogP contribution in [0.3, 0.4) is 0 Å². The highest BCUT2D eigenvalue weighted by atomic mass is 19.3. The van der Waals surface area contributed by atoms with Crippen molar-refractivity contribution in [3.8, 4) is 17.0 Å². The van der Waals surface area contributed by atoms with Gasteiger partial charge >= 0.3 is 6.61 Å². The van der Waals surface area contributed by atoms with Crippen molar-refractivity contribution in [2.24, 2.45) is 0 Å². The Kier molecular flexibility index (Phi) is 6.72. The second kappa shape index (κ2) is 9.43. The van der Waals surface area contributed by atoms with Gasteiger partial charge in [-0.2, -0.15) is 13.9 Å². The first-order valence-electron chi connectivity index (χ1n) is 8.93. The molecule has 7 nitrogen and oxygen atoms in total. The minimum Gasteiger partial charge on any atom is -0.435 e. The van der Waals surface area contributed by atoms with Gasteiger partial charge in [0.2, 0.25) is 0 Å². The molecule has 2 aromatic rings. The van der Waals surface area contributed by atoms with Crippen molar-refractivity contribution >= 4 is 5.91 Å². The molecule has 3 rings (SSSR count). The van der Waals surface area contributed by atoms with E-state index in [0.717, 1.165) is 39.1 Å². The molecule has 1 aliphatic heterocycles. The number of ether oxygens (including phenoxy) is 1. The summed E-state index contributed by atoms with van der Waals surface area (Å²) in [5.41, 5.74) is 1.39. The van der Waals surface area contributed by atoms with E-state index in [-0.39, 0.29) is 11.7 Å². The van der Waals surface area contributed by atoms with Crippen LogP contribution in [0.2, 0.25) is 0 Å². The fraction of sp³-hybridized carbons (Fsp3) is 0.444. The highest BCUT2D eigenvalue weighted by Gasteiger charge is 2.16. The van der Waals surface area contributed by atoms with Gasteiger partial charge < -0.3 is 20.3 Å². The van der Waals surface area contributed by atoms with E-state index in [2.05, 4.69) is 30.5 Å². The SMILES string of the molecule is O=C(NCCCN1CCNCC1)c1cn[nH]c1-c1cccc(OC(F)F)c1. The summed E-state index contributed by atoms with van der Waals surface area (Å²) in [5, 5.41) is 12.9. The van der Waals surface area contributed by atoms with Gasteiger partial charge in [-0.05, 0) is 25.1 Å². The number of halogens is 2. The molecule has 0 radical (unpaired) electrons. The second-order valence-electron chi connectivity index (χ2n) is 6.27. The molecule has 1 amide bonds. The van der Waals surface area contributed by atoms with Crippen LogP contribution in [0.4, 0.5) is 8.78 Å². The van der Waals surface area contributed by atoms with E-state index >= 15 is 0 Å². The average Bonchev–Trinajstić information content (AvgIpc) is 3.16. The van der Waals surface area contributed by atoms with Crippen molar-refractivity contribution < 1.29 is 18.3 Å². The highest BCUT2D eigenvalue weighted by Crippen LogP contribution is 2.25. The third kappa shape index (κ3) is 5.48. The molecular formula is C18H23F2N5O2. The van der Waals surface area contributed by atoms with E-state index in [0.29, 0.717) is 23.4 Å². The van der Waals surface area contributed by atoms with E-state index in [1.54, 1.807) is 12.1 Å². The summed E-state index contributed by atoms with van der Waals surface area (Å²) in [6.45, 7) is 2.64. The predicted molar refractivity (Wildman–Crippen MR) is 96.9 cm³/mol. The van der Waals surface area contributed by atoms with E-state index in [1.165, 1.54) is 18.3 Å². The number of aromatic nitrogens is 2. The lowest BCUT2D eigenvalue weighted by Gasteiger charge is -2.27. The van der Waals surface area contributed by atoms with Crippen LogP contribution in [-0.2, 0) is 0 Å². The number of rotatable bonds is 8. The molecule has 1 fully saturated rings. The van der Waals surface area contributed by atoms with Crippen LogP contribution < -0.4 is 15.4 Å². The van der Waals surface area contributed by atoms with Crippen LogP contribution >= 0.6 is 0 Å². The van der Waals surface area contributed by atoms with Crippen molar-refractivity contribution in [2.45, 2.75) is 13.0 Å². The van der Waals surface area contributed by atoms with Gasteiger partial charge in [0.25, 0.3) is 5.91 Å². The number of carbonyl (C=O) groups is 1. The molecule has 2 heterocycles. The number of hydrogen-bond acceptors (Lipinski definition) is 5. The number of nitrogens with one attached hydrogen (secondary N) is 3. The van der Waals surface area contributed by atoms with Crippen molar-refractivity contribution in [2.75, 3.05) is 39.3 Å². The molecule has 0 spiro atoms. The van der Waals surface area contributed by atoms with Crippen LogP contribution in [0.5, 0.6) is 5.75 Å². The fourth-order valence-electron chi connectivity index (χ4n) is 3.04. The lowest BCUT2D eigenvalue weighted by Crippen LogP contribution is -2.44. The Bertz CT molecular complexity index is 747. The van der Waals surface area contributed by atoms with Crippen LogP contribution in [0, 0.1) is 0 Å². The van der Waals surface area contributed by atoms with Crippen molar-refractivity contribution in [1.82, 2.24) is 25.7 Å². The smallest absolute Gasteiger partial charge is 0.387 e. The number of amides is 1. The van der Waals surface area contributed by atoms with E-state index in [4.69, 9.17) is 0 Å². The number of H-pyrrole nitrogens is 1. The number of benzene rings is 1. The third-order valence-corrected chi connectivity index (χ3v) is 4.38. The third-order valence-electron chi connectivity index (χ3n) is 4.38. The fourth-order valence-corrected chi connectivity index (χ4v) is 3.04.